The van der Waals surface area contributed by atoms with E-state index in [-0.39, 0.29) is 18.5 Å². The number of hydrogen-bond donors (Lipinski definition) is 1. The van der Waals surface area contributed by atoms with E-state index >= 15 is 0 Å². The summed E-state index contributed by atoms with van der Waals surface area (Å²) in [6.07, 6.45) is -0.410. The molecule has 2 rings (SSSR count). The molecule has 0 bridgehead atoms. The molecule has 1 aromatic rings. The lowest BCUT2D eigenvalue weighted by Crippen LogP contribution is -2.57. The van der Waals surface area contributed by atoms with E-state index in [1.54, 1.807) is 21.9 Å². The molecule has 0 unspecified atom stereocenters. The lowest BCUT2D eigenvalue weighted by Gasteiger charge is -2.42. The zero-order valence-electron chi connectivity index (χ0n) is 13.6. The van der Waals surface area contributed by atoms with E-state index in [4.69, 9.17) is 4.74 Å². The maximum absolute atomic E-state index is 14.2. The van der Waals surface area contributed by atoms with Crippen LogP contribution in [-0.2, 0) is 4.74 Å². The molecule has 1 saturated heterocycles. The minimum Gasteiger partial charge on any atom is -0.444 e. The Balaban J connectivity index is 2.11. The van der Waals surface area contributed by atoms with Gasteiger partial charge in [0.1, 0.15) is 11.4 Å². The Morgan fingerprint density at radius 3 is 2.70 bits per heavy atom. The van der Waals surface area contributed by atoms with E-state index in [9.17, 15) is 14.3 Å². The number of halogens is 2. The van der Waals surface area contributed by atoms with Crippen LogP contribution < -0.4 is 4.90 Å². The van der Waals surface area contributed by atoms with E-state index in [2.05, 4.69) is 15.9 Å². The van der Waals surface area contributed by atoms with Gasteiger partial charge in [0, 0.05) is 24.1 Å². The van der Waals surface area contributed by atoms with Gasteiger partial charge in [-0.15, -0.1) is 0 Å². The minimum atomic E-state index is -0.569. The molecule has 128 valence electrons. The van der Waals surface area contributed by atoms with Crippen LogP contribution in [0.15, 0.2) is 22.7 Å². The molecule has 1 aromatic carbocycles. The van der Waals surface area contributed by atoms with Crippen molar-refractivity contribution >= 4 is 27.7 Å². The maximum atomic E-state index is 14.2. The molecule has 1 aliphatic rings. The molecule has 5 nitrogen and oxygen atoms in total. The predicted octanol–water partition coefficient (Wildman–Crippen LogP) is 3.01. The smallest absolute Gasteiger partial charge is 0.410 e. The number of carbonyl (C=O) groups is 1. The summed E-state index contributed by atoms with van der Waals surface area (Å²) in [5.74, 6) is -0.358. The van der Waals surface area contributed by atoms with Crippen LogP contribution in [-0.4, -0.2) is 54.0 Å². The van der Waals surface area contributed by atoms with Gasteiger partial charge in [0.2, 0.25) is 0 Å². The predicted molar refractivity (Wildman–Crippen MR) is 90.1 cm³/mol. The number of hydrogen-bond acceptors (Lipinski definition) is 4. The molecular weight excluding hydrogens is 367 g/mol. The molecule has 1 heterocycles. The van der Waals surface area contributed by atoms with Gasteiger partial charge in [-0.25, -0.2) is 9.18 Å². The van der Waals surface area contributed by atoms with Crippen molar-refractivity contribution in [2.45, 2.75) is 32.4 Å². The van der Waals surface area contributed by atoms with Gasteiger partial charge in [-0.05, 0) is 39.0 Å². The fourth-order valence-electron chi connectivity index (χ4n) is 2.54. The lowest BCUT2D eigenvalue weighted by atomic mass is 10.1. The Morgan fingerprint density at radius 1 is 1.43 bits per heavy atom. The molecule has 0 saturated carbocycles. The summed E-state index contributed by atoms with van der Waals surface area (Å²) >= 11 is 3.23. The molecule has 0 spiro atoms. The highest BCUT2D eigenvalue weighted by Crippen LogP contribution is 2.27. The first kappa shape index (κ1) is 18.0. The van der Waals surface area contributed by atoms with Crippen molar-refractivity contribution in [1.29, 1.82) is 0 Å². The second-order valence-electron chi connectivity index (χ2n) is 6.55. The van der Waals surface area contributed by atoms with Gasteiger partial charge in [0.15, 0.2) is 0 Å². The Labute approximate surface area is 144 Å². The SMILES string of the molecule is CC(C)(C)OC(=O)N1CCN(c2ccc(Br)cc2F)[C@H](CO)C1. The van der Waals surface area contributed by atoms with Crippen molar-refractivity contribution in [2.24, 2.45) is 0 Å². The molecule has 23 heavy (non-hydrogen) atoms. The summed E-state index contributed by atoms with van der Waals surface area (Å²) in [4.78, 5) is 15.5. The van der Waals surface area contributed by atoms with Gasteiger partial charge in [-0.1, -0.05) is 15.9 Å². The quantitative estimate of drug-likeness (QED) is 0.845. The van der Waals surface area contributed by atoms with Crippen LogP contribution in [0, 0.1) is 5.82 Å². The summed E-state index contributed by atoms with van der Waals surface area (Å²) < 4.78 is 20.2. The highest BCUT2D eigenvalue weighted by Gasteiger charge is 2.32. The highest BCUT2D eigenvalue weighted by molar-refractivity contribution is 9.10. The lowest BCUT2D eigenvalue weighted by molar-refractivity contribution is 0.0197. The van der Waals surface area contributed by atoms with Gasteiger partial charge in [0.05, 0.1) is 18.3 Å². The minimum absolute atomic E-state index is 0.172. The maximum Gasteiger partial charge on any atom is 0.410 e. The number of aliphatic hydroxyl groups excluding tert-OH is 1. The summed E-state index contributed by atoms with van der Waals surface area (Å²) in [6.45, 7) is 6.39. The Kier molecular flexibility index (Phi) is 5.52. The van der Waals surface area contributed by atoms with E-state index in [0.717, 1.165) is 0 Å². The first-order valence-electron chi connectivity index (χ1n) is 7.52. The first-order chi connectivity index (χ1) is 10.7. The summed E-state index contributed by atoms with van der Waals surface area (Å²) in [5, 5.41) is 9.65. The van der Waals surface area contributed by atoms with Crippen molar-refractivity contribution in [1.82, 2.24) is 4.90 Å². The van der Waals surface area contributed by atoms with Crippen molar-refractivity contribution in [3.8, 4) is 0 Å². The summed E-state index contributed by atoms with van der Waals surface area (Å²) in [6, 6.07) is 4.45. The molecule has 7 heteroatoms. The highest BCUT2D eigenvalue weighted by atomic mass is 79.9. The van der Waals surface area contributed by atoms with Crippen LogP contribution in [0.4, 0.5) is 14.9 Å². The number of amides is 1. The molecular formula is C16H22BrFN2O3. The van der Waals surface area contributed by atoms with Crippen LogP contribution in [0.3, 0.4) is 0 Å². The number of ether oxygens (including phenoxy) is 1. The second-order valence-corrected chi connectivity index (χ2v) is 7.47. The summed E-state index contributed by atoms with van der Waals surface area (Å²) in [5.41, 5.74) is -0.142. The standard InChI is InChI=1S/C16H22BrFN2O3/c1-16(2,3)23-15(22)19-6-7-20(12(9-19)10-21)14-5-4-11(17)8-13(14)18/h4-5,8,12,21H,6-7,9-10H2,1-3H3/t12-/m0/s1. The largest absolute Gasteiger partial charge is 0.444 e. The van der Waals surface area contributed by atoms with E-state index in [1.807, 2.05) is 20.8 Å². The van der Waals surface area contributed by atoms with Crippen molar-refractivity contribution in [3.63, 3.8) is 0 Å². The van der Waals surface area contributed by atoms with Gasteiger partial charge in [-0.2, -0.15) is 0 Å². The number of aliphatic hydroxyl groups is 1. The summed E-state index contributed by atoms with van der Waals surface area (Å²) in [7, 11) is 0. The van der Waals surface area contributed by atoms with Crippen LogP contribution in [0.25, 0.3) is 0 Å². The average molecular weight is 389 g/mol. The zero-order chi connectivity index (χ0) is 17.2. The Bertz CT molecular complexity index is 577. The molecule has 1 aliphatic heterocycles. The monoisotopic (exact) mass is 388 g/mol. The van der Waals surface area contributed by atoms with Crippen LogP contribution >= 0.6 is 15.9 Å². The number of rotatable bonds is 2. The van der Waals surface area contributed by atoms with Crippen LogP contribution in [0.2, 0.25) is 0 Å². The molecule has 0 radical (unpaired) electrons. The first-order valence-corrected chi connectivity index (χ1v) is 8.31. The second kappa shape index (κ2) is 7.05. The third-order valence-electron chi connectivity index (χ3n) is 3.56. The Morgan fingerprint density at radius 2 is 2.13 bits per heavy atom. The van der Waals surface area contributed by atoms with E-state index in [0.29, 0.717) is 29.8 Å². The number of piperazine rings is 1. The van der Waals surface area contributed by atoms with Crippen molar-refractivity contribution in [3.05, 3.63) is 28.5 Å². The molecule has 0 aromatic heterocycles. The average Bonchev–Trinajstić information content (AvgIpc) is 2.45. The van der Waals surface area contributed by atoms with Crippen LogP contribution in [0.1, 0.15) is 20.8 Å². The molecule has 1 amide bonds. The van der Waals surface area contributed by atoms with Crippen molar-refractivity contribution < 1.29 is 19.0 Å². The van der Waals surface area contributed by atoms with Crippen LogP contribution in [0.5, 0.6) is 0 Å². The Hall–Kier alpha value is -1.34. The third-order valence-corrected chi connectivity index (χ3v) is 4.06. The van der Waals surface area contributed by atoms with Gasteiger partial charge in [0.25, 0.3) is 0 Å². The fourth-order valence-corrected chi connectivity index (χ4v) is 2.87. The molecule has 0 aliphatic carbocycles. The molecule has 1 N–H and O–H groups in total. The topological polar surface area (TPSA) is 53.0 Å². The van der Waals surface area contributed by atoms with Gasteiger partial charge < -0.3 is 19.6 Å². The number of anilines is 1. The van der Waals surface area contributed by atoms with E-state index in [1.165, 1.54) is 6.07 Å². The zero-order valence-corrected chi connectivity index (χ0v) is 15.1. The molecule has 1 fully saturated rings. The normalized spacial score (nSPS) is 19.0. The molecule has 1 atom stereocenters. The number of nitrogens with zero attached hydrogens (tertiary/aromatic N) is 2. The number of benzene rings is 1. The fraction of sp³-hybridized carbons (Fsp3) is 0.562. The van der Waals surface area contributed by atoms with E-state index < -0.39 is 11.7 Å². The van der Waals surface area contributed by atoms with Crippen molar-refractivity contribution in [2.75, 3.05) is 31.1 Å². The number of carbonyl (C=O) groups excluding carboxylic acids is 1. The third kappa shape index (κ3) is 4.57. The van der Waals surface area contributed by atoms with Gasteiger partial charge in [-0.3, -0.25) is 0 Å². The van der Waals surface area contributed by atoms with Gasteiger partial charge >= 0.3 is 6.09 Å².